The van der Waals surface area contributed by atoms with Crippen molar-refractivity contribution in [3.63, 3.8) is 0 Å². The Balaban J connectivity index is 2.22. The first-order valence-electron chi connectivity index (χ1n) is 6.13. The molecular weight excluding hydrogens is 418 g/mol. The van der Waals surface area contributed by atoms with Crippen molar-refractivity contribution in [3.8, 4) is 11.5 Å². The zero-order valence-corrected chi connectivity index (χ0v) is 15.6. The molecule has 112 valence electrons. The summed E-state index contributed by atoms with van der Waals surface area (Å²) in [5, 5.41) is 0. The van der Waals surface area contributed by atoms with Gasteiger partial charge >= 0.3 is 0 Å². The SMILES string of the molecule is COc1cc(CSc2ccc(N)cc2Br)c(OC)cc1Br. The standard InChI is InChI=1S/C15H15Br2NO2S/c1-19-13-7-11(16)14(20-2)5-9(13)8-21-15-4-3-10(18)6-12(15)17/h3-7H,8,18H2,1-2H3. The van der Waals surface area contributed by atoms with Crippen LogP contribution in [0.1, 0.15) is 5.56 Å². The molecule has 0 amide bonds. The van der Waals surface area contributed by atoms with E-state index in [1.54, 1.807) is 26.0 Å². The predicted octanol–water partition coefficient (Wildman–Crippen LogP) is 5.10. The molecule has 0 aliphatic heterocycles. The number of benzene rings is 2. The van der Waals surface area contributed by atoms with Crippen LogP contribution in [0.3, 0.4) is 0 Å². The van der Waals surface area contributed by atoms with Gasteiger partial charge in [0.1, 0.15) is 11.5 Å². The number of nitrogens with two attached hydrogens (primary N) is 1. The van der Waals surface area contributed by atoms with Crippen molar-refractivity contribution >= 4 is 49.3 Å². The third-order valence-electron chi connectivity index (χ3n) is 2.89. The van der Waals surface area contributed by atoms with Gasteiger partial charge in [0.05, 0.1) is 18.7 Å². The fourth-order valence-electron chi connectivity index (χ4n) is 1.83. The molecule has 0 spiro atoms. The maximum absolute atomic E-state index is 5.75. The number of hydrogen-bond donors (Lipinski definition) is 1. The van der Waals surface area contributed by atoms with E-state index in [1.807, 2.05) is 30.3 Å². The highest BCUT2D eigenvalue weighted by atomic mass is 79.9. The van der Waals surface area contributed by atoms with Gasteiger partial charge in [0.2, 0.25) is 0 Å². The summed E-state index contributed by atoms with van der Waals surface area (Å²) in [5.41, 5.74) is 7.57. The number of thioether (sulfide) groups is 1. The van der Waals surface area contributed by atoms with Crippen molar-refractivity contribution in [1.82, 2.24) is 0 Å². The fraction of sp³-hybridized carbons (Fsp3) is 0.200. The zero-order valence-electron chi connectivity index (χ0n) is 11.7. The Hall–Kier alpha value is -0.850. The molecule has 2 rings (SSSR count). The highest BCUT2D eigenvalue weighted by Gasteiger charge is 2.11. The Morgan fingerprint density at radius 2 is 1.71 bits per heavy atom. The molecular formula is C15H15Br2NO2S. The van der Waals surface area contributed by atoms with Crippen molar-refractivity contribution in [1.29, 1.82) is 0 Å². The third kappa shape index (κ3) is 4.08. The Kier molecular flexibility index (Phi) is 5.84. The van der Waals surface area contributed by atoms with Gasteiger partial charge in [-0.05, 0) is 62.2 Å². The summed E-state index contributed by atoms with van der Waals surface area (Å²) < 4.78 is 12.6. The molecule has 2 aromatic carbocycles. The average Bonchev–Trinajstić information content (AvgIpc) is 2.47. The van der Waals surface area contributed by atoms with Crippen LogP contribution in [0.15, 0.2) is 44.2 Å². The summed E-state index contributed by atoms with van der Waals surface area (Å²) in [5.74, 6) is 2.40. The van der Waals surface area contributed by atoms with E-state index in [2.05, 4.69) is 31.9 Å². The molecule has 0 bridgehead atoms. The average molecular weight is 433 g/mol. The van der Waals surface area contributed by atoms with E-state index in [9.17, 15) is 0 Å². The minimum absolute atomic E-state index is 0.745. The molecule has 3 nitrogen and oxygen atoms in total. The highest BCUT2D eigenvalue weighted by Crippen LogP contribution is 2.37. The van der Waals surface area contributed by atoms with Gasteiger partial charge in [-0.3, -0.25) is 0 Å². The molecule has 6 heteroatoms. The van der Waals surface area contributed by atoms with Gasteiger partial charge in [0, 0.05) is 26.4 Å². The van der Waals surface area contributed by atoms with Crippen LogP contribution in [-0.2, 0) is 5.75 Å². The van der Waals surface area contributed by atoms with Gasteiger partial charge in [-0.2, -0.15) is 0 Å². The van der Waals surface area contributed by atoms with Gasteiger partial charge in [0.15, 0.2) is 0 Å². The van der Waals surface area contributed by atoms with Crippen molar-refractivity contribution in [2.24, 2.45) is 0 Å². The number of rotatable bonds is 5. The zero-order chi connectivity index (χ0) is 15.4. The Bertz CT molecular complexity index is 650. The lowest BCUT2D eigenvalue weighted by Crippen LogP contribution is -1.94. The van der Waals surface area contributed by atoms with Crippen molar-refractivity contribution in [3.05, 3.63) is 44.8 Å². The number of hydrogen-bond acceptors (Lipinski definition) is 4. The van der Waals surface area contributed by atoms with Crippen LogP contribution >= 0.6 is 43.6 Å². The maximum atomic E-state index is 5.75. The summed E-state index contributed by atoms with van der Waals surface area (Å²) in [6.45, 7) is 0. The van der Waals surface area contributed by atoms with E-state index < -0.39 is 0 Å². The van der Waals surface area contributed by atoms with Gasteiger partial charge in [-0.1, -0.05) is 0 Å². The van der Waals surface area contributed by atoms with Gasteiger partial charge in [0.25, 0.3) is 0 Å². The summed E-state index contributed by atoms with van der Waals surface area (Å²) in [6, 6.07) is 9.72. The lowest BCUT2D eigenvalue weighted by atomic mass is 10.2. The van der Waals surface area contributed by atoms with Crippen LogP contribution in [0.4, 0.5) is 5.69 Å². The first-order chi connectivity index (χ1) is 10.0. The largest absolute Gasteiger partial charge is 0.496 e. The first-order valence-corrected chi connectivity index (χ1v) is 8.70. The Morgan fingerprint density at radius 3 is 2.33 bits per heavy atom. The molecule has 2 aromatic rings. The molecule has 0 aliphatic rings. The number of ether oxygens (including phenoxy) is 2. The van der Waals surface area contributed by atoms with Crippen LogP contribution in [0.5, 0.6) is 11.5 Å². The van der Waals surface area contributed by atoms with E-state index in [0.29, 0.717) is 0 Å². The number of nitrogen functional groups attached to an aromatic ring is 1. The first kappa shape index (κ1) is 16.5. The smallest absolute Gasteiger partial charge is 0.133 e. The van der Waals surface area contributed by atoms with Crippen LogP contribution in [0.2, 0.25) is 0 Å². The summed E-state index contributed by atoms with van der Waals surface area (Å²) in [4.78, 5) is 1.13. The van der Waals surface area contributed by atoms with Crippen molar-refractivity contribution in [2.45, 2.75) is 10.6 Å². The van der Waals surface area contributed by atoms with Crippen LogP contribution < -0.4 is 15.2 Å². The van der Waals surface area contributed by atoms with Crippen molar-refractivity contribution < 1.29 is 9.47 Å². The second-order valence-electron chi connectivity index (χ2n) is 4.28. The molecule has 0 saturated heterocycles. The number of halogens is 2. The highest BCUT2D eigenvalue weighted by molar-refractivity contribution is 9.10. The molecule has 0 aromatic heterocycles. The summed E-state index contributed by atoms with van der Waals surface area (Å²) in [6.07, 6.45) is 0. The molecule has 0 aliphatic carbocycles. The van der Waals surface area contributed by atoms with E-state index in [4.69, 9.17) is 15.2 Å². The van der Waals surface area contributed by atoms with Crippen LogP contribution in [0.25, 0.3) is 0 Å². The number of anilines is 1. The molecule has 2 N–H and O–H groups in total. The van der Waals surface area contributed by atoms with E-state index >= 15 is 0 Å². The Morgan fingerprint density at radius 1 is 1.00 bits per heavy atom. The molecule has 21 heavy (non-hydrogen) atoms. The molecule has 0 radical (unpaired) electrons. The Labute approximate surface area is 145 Å². The minimum atomic E-state index is 0.745. The van der Waals surface area contributed by atoms with E-state index in [0.717, 1.165) is 42.3 Å². The van der Waals surface area contributed by atoms with E-state index in [-0.39, 0.29) is 0 Å². The molecule has 0 fully saturated rings. The van der Waals surface area contributed by atoms with E-state index in [1.165, 1.54) is 0 Å². The second kappa shape index (κ2) is 7.42. The van der Waals surface area contributed by atoms with Crippen molar-refractivity contribution in [2.75, 3.05) is 20.0 Å². The predicted molar refractivity (Wildman–Crippen MR) is 95.4 cm³/mol. The van der Waals surface area contributed by atoms with Gasteiger partial charge < -0.3 is 15.2 Å². The van der Waals surface area contributed by atoms with Gasteiger partial charge in [-0.15, -0.1) is 11.8 Å². The quantitative estimate of drug-likeness (QED) is 0.527. The monoisotopic (exact) mass is 431 g/mol. The fourth-order valence-corrected chi connectivity index (χ4v) is 3.95. The molecule has 0 saturated carbocycles. The maximum Gasteiger partial charge on any atom is 0.133 e. The van der Waals surface area contributed by atoms with Crippen LogP contribution in [-0.4, -0.2) is 14.2 Å². The number of methoxy groups -OCH3 is 2. The second-order valence-corrected chi connectivity index (χ2v) is 7.00. The normalized spacial score (nSPS) is 10.5. The third-order valence-corrected chi connectivity index (χ3v) is 5.55. The topological polar surface area (TPSA) is 44.5 Å². The molecule has 0 atom stereocenters. The summed E-state index contributed by atoms with van der Waals surface area (Å²) in [7, 11) is 3.32. The lowest BCUT2D eigenvalue weighted by molar-refractivity contribution is 0.398. The van der Waals surface area contributed by atoms with Crippen LogP contribution in [0, 0.1) is 0 Å². The molecule has 0 unspecified atom stereocenters. The molecule has 0 heterocycles. The minimum Gasteiger partial charge on any atom is -0.496 e. The lowest BCUT2D eigenvalue weighted by Gasteiger charge is -2.12. The summed E-state index contributed by atoms with van der Waals surface area (Å²) >= 11 is 8.71. The van der Waals surface area contributed by atoms with Gasteiger partial charge in [-0.25, -0.2) is 0 Å².